The summed E-state index contributed by atoms with van der Waals surface area (Å²) in [5.41, 5.74) is 0. The molecule has 0 aliphatic heterocycles. The molecule has 0 atom stereocenters. The van der Waals surface area contributed by atoms with E-state index in [-0.39, 0.29) is 0 Å². The van der Waals surface area contributed by atoms with E-state index in [2.05, 4.69) is 27.8 Å². The molecule has 0 aliphatic carbocycles. The lowest BCUT2D eigenvalue weighted by Crippen LogP contribution is -2.32. The van der Waals surface area contributed by atoms with Crippen molar-refractivity contribution in [3.63, 3.8) is 0 Å². The van der Waals surface area contributed by atoms with Gasteiger partial charge < -0.3 is 18.9 Å². The molecule has 0 bridgehead atoms. The van der Waals surface area contributed by atoms with Gasteiger partial charge in [0.1, 0.15) is 0 Å². The summed E-state index contributed by atoms with van der Waals surface area (Å²) in [5.74, 6) is 0. The highest BCUT2D eigenvalue weighted by molar-refractivity contribution is 9.09. The predicted octanol–water partition coefficient (Wildman–Crippen LogP) is 2.18. The van der Waals surface area contributed by atoms with Gasteiger partial charge in [0.15, 0.2) is 0 Å². The van der Waals surface area contributed by atoms with Crippen molar-refractivity contribution >= 4 is 15.9 Å². The van der Waals surface area contributed by atoms with Crippen molar-refractivity contribution in [1.29, 1.82) is 0 Å². The van der Waals surface area contributed by atoms with Gasteiger partial charge in [0, 0.05) is 38.7 Å². The topological polar surface area (TPSA) is 40.2 Å². The number of hydrogen-bond acceptors (Lipinski definition) is 5. The Bertz CT molecular complexity index is 199. The van der Waals surface area contributed by atoms with E-state index in [0.29, 0.717) is 26.4 Å². The third kappa shape index (κ3) is 16.5. The first-order chi connectivity index (χ1) is 10.3. The maximum absolute atomic E-state index is 5.57. The minimum absolute atomic E-state index is 0.633. The Kier molecular flexibility index (Phi) is 18.6. The second-order valence-corrected chi connectivity index (χ2v) is 5.51. The largest absolute Gasteiger partial charge is 0.383 e. The molecule has 0 heterocycles. The maximum Gasteiger partial charge on any atom is 0.0701 e. The molecule has 0 aromatic rings. The van der Waals surface area contributed by atoms with Gasteiger partial charge in [-0.15, -0.1) is 0 Å². The van der Waals surface area contributed by atoms with Crippen LogP contribution in [0.25, 0.3) is 0 Å². The lowest BCUT2D eigenvalue weighted by Gasteiger charge is -2.20. The fraction of sp³-hybridized carbons (Fsp3) is 1.00. The summed E-state index contributed by atoms with van der Waals surface area (Å²) in [6.07, 6.45) is 2.29. The SMILES string of the molecule is CCCCOCCOCCOCCN(CCBr)CCOC. The van der Waals surface area contributed by atoms with Crippen LogP contribution in [-0.4, -0.2) is 83.2 Å². The molecule has 0 radical (unpaired) electrons. The van der Waals surface area contributed by atoms with Crippen LogP contribution in [0, 0.1) is 0 Å². The van der Waals surface area contributed by atoms with Crippen LogP contribution in [0.15, 0.2) is 0 Å². The highest BCUT2D eigenvalue weighted by atomic mass is 79.9. The summed E-state index contributed by atoms with van der Waals surface area (Å²) in [6, 6.07) is 0. The molecule has 0 saturated carbocycles. The fourth-order valence-corrected chi connectivity index (χ4v) is 2.16. The Morgan fingerprint density at radius 2 is 1.33 bits per heavy atom. The molecule has 21 heavy (non-hydrogen) atoms. The van der Waals surface area contributed by atoms with Gasteiger partial charge in [0.2, 0.25) is 0 Å². The fourth-order valence-electron chi connectivity index (χ4n) is 1.66. The zero-order valence-electron chi connectivity index (χ0n) is 13.7. The number of ether oxygens (including phenoxy) is 4. The molecular formula is C15H32BrNO4. The van der Waals surface area contributed by atoms with Crippen molar-refractivity contribution in [3.8, 4) is 0 Å². The predicted molar refractivity (Wildman–Crippen MR) is 89.5 cm³/mol. The monoisotopic (exact) mass is 369 g/mol. The second kappa shape index (κ2) is 18.3. The zero-order chi connectivity index (χ0) is 15.6. The molecule has 5 nitrogen and oxygen atoms in total. The summed E-state index contributed by atoms with van der Waals surface area (Å²) in [4.78, 5) is 2.32. The second-order valence-electron chi connectivity index (χ2n) is 4.71. The Labute approximate surface area is 138 Å². The molecule has 0 saturated heterocycles. The van der Waals surface area contributed by atoms with Gasteiger partial charge in [-0.2, -0.15) is 0 Å². The van der Waals surface area contributed by atoms with Crippen LogP contribution in [0.2, 0.25) is 0 Å². The van der Waals surface area contributed by atoms with E-state index < -0.39 is 0 Å². The lowest BCUT2D eigenvalue weighted by molar-refractivity contribution is 0.00948. The number of unbranched alkanes of at least 4 members (excludes halogenated alkanes) is 1. The molecule has 0 aromatic carbocycles. The van der Waals surface area contributed by atoms with Gasteiger partial charge in [0.25, 0.3) is 0 Å². The number of rotatable bonds is 17. The van der Waals surface area contributed by atoms with Crippen molar-refractivity contribution in [3.05, 3.63) is 0 Å². The van der Waals surface area contributed by atoms with Crippen molar-refractivity contribution in [2.45, 2.75) is 19.8 Å². The van der Waals surface area contributed by atoms with Crippen LogP contribution >= 0.6 is 15.9 Å². The number of halogens is 1. The molecule has 6 heteroatoms. The van der Waals surface area contributed by atoms with Gasteiger partial charge >= 0.3 is 0 Å². The van der Waals surface area contributed by atoms with Crippen molar-refractivity contribution in [1.82, 2.24) is 4.90 Å². The highest BCUT2D eigenvalue weighted by Crippen LogP contribution is 1.93. The van der Waals surface area contributed by atoms with Gasteiger partial charge in [-0.05, 0) is 6.42 Å². The average Bonchev–Trinajstić information content (AvgIpc) is 2.50. The molecule has 0 spiro atoms. The van der Waals surface area contributed by atoms with E-state index in [4.69, 9.17) is 18.9 Å². The van der Waals surface area contributed by atoms with Crippen molar-refractivity contribution in [2.24, 2.45) is 0 Å². The summed E-state index contributed by atoms with van der Waals surface area (Å²) < 4.78 is 21.5. The molecule has 0 rings (SSSR count). The first-order valence-corrected chi connectivity index (χ1v) is 8.97. The normalized spacial score (nSPS) is 11.4. The van der Waals surface area contributed by atoms with Crippen LogP contribution in [0.1, 0.15) is 19.8 Å². The smallest absolute Gasteiger partial charge is 0.0701 e. The third-order valence-corrected chi connectivity index (χ3v) is 3.31. The molecule has 0 aliphatic rings. The summed E-state index contributed by atoms with van der Waals surface area (Å²) in [7, 11) is 1.73. The van der Waals surface area contributed by atoms with E-state index in [1.807, 2.05) is 0 Å². The van der Waals surface area contributed by atoms with Crippen LogP contribution < -0.4 is 0 Å². The highest BCUT2D eigenvalue weighted by Gasteiger charge is 2.03. The Hall–Kier alpha value is 0.280. The van der Waals surface area contributed by atoms with E-state index in [9.17, 15) is 0 Å². The molecule has 0 unspecified atom stereocenters. The van der Waals surface area contributed by atoms with Gasteiger partial charge in [-0.1, -0.05) is 29.3 Å². The Balaban J connectivity index is 3.25. The molecule has 0 aromatic heterocycles. The van der Waals surface area contributed by atoms with E-state index in [1.165, 1.54) is 6.42 Å². The lowest BCUT2D eigenvalue weighted by atomic mass is 10.4. The number of hydrogen-bond donors (Lipinski definition) is 0. The number of alkyl halides is 1. The van der Waals surface area contributed by atoms with Gasteiger partial charge in [-0.3, -0.25) is 4.90 Å². The van der Waals surface area contributed by atoms with Gasteiger partial charge in [0.05, 0.1) is 39.6 Å². The number of methoxy groups -OCH3 is 1. The third-order valence-electron chi connectivity index (χ3n) is 2.95. The minimum atomic E-state index is 0.633. The standard InChI is InChI=1S/C15H32BrNO4/c1-3-4-9-19-12-14-21-15-13-20-11-8-17(6-5-16)7-10-18-2/h3-15H2,1-2H3. The average molecular weight is 370 g/mol. The van der Waals surface area contributed by atoms with Gasteiger partial charge in [-0.25, -0.2) is 0 Å². The zero-order valence-corrected chi connectivity index (χ0v) is 15.2. The van der Waals surface area contributed by atoms with Crippen molar-refractivity contribution < 1.29 is 18.9 Å². The summed E-state index contributed by atoms with van der Waals surface area (Å²) >= 11 is 3.46. The quantitative estimate of drug-likeness (QED) is 0.290. The molecular weight excluding hydrogens is 338 g/mol. The summed E-state index contributed by atoms with van der Waals surface area (Å²) in [5, 5.41) is 0.970. The molecule has 128 valence electrons. The molecule has 0 N–H and O–H groups in total. The molecule has 0 fully saturated rings. The van der Waals surface area contributed by atoms with Crippen molar-refractivity contribution in [2.75, 3.05) is 78.3 Å². The maximum atomic E-state index is 5.57. The first-order valence-electron chi connectivity index (χ1n) is 7.85. The van der Waals surface area contributed by atoms with E-state index in [1.54, 1.807) is 7.11 Å². The molecule has 0 amide bonds. The van der Waals surface area contributed by atoms with Crippen LogP contribution in [0.3, 0.4) is 0 Å². The van der Waals surface area contributed by atoms with Crippen LogP contribution in [0.4, 0.5) is 0 Å². The van der Waals surface area contributed by atoms with E-state index in [0.717, 1.165) is 51.2 Å². The Morgan fingerprint density at radius 3 is 1.90 bits per heavy atom. The summed E-state index contributed by atoms with van der Waals surface area (Å²) in [6.45, 7) is 9.96. The van der Waals surface area contributed by atoms with E-state index >= 15 is 0 Å². The Morgan fingerprint density at radius 1 is 0.762 bits per heavy atom. The number of nitrogens with zero attached hydrogens (tertiary/aromatic N) is 1. The minimum Gasteiger partial charge on any atom is -0.383 e. The van der Waals surface area contributed by atoms with Crippen LogP contribution in [0.5, 0.6) is 0 Å². The van der Waals surface area contributed by atoms with Crippen LogP contribution in [-0.2, 0) is 18.9 Å². The first kappa shape index (κ1) is 21.3.